The van der Waals surface area contributed by atoms with E-state index < -0.39 is 17.9 Å². The molecule has 2 aromatic rings. The van der Waals surface area contributed by atoms with Crippen LogP contribution in [0, 0.1) is 0 Å². The van der Waals surface area contributed by atoms with E-state index in [-0.39, 0.29) is 30.2 Å². The quantitative estimate of drug-likeness (QED) is 0.603. The monoisotopic (exact) mass is 385 g/mol. The molecule has 0 spiro atoms. The highest BCUT2D eigenvalue weighted by molar-refractivity contribution is 5.94. The fourth-order valence-corrected chi connectivity index (χ4v) is 2.78. The van der Waals surface area contributed by atoms with Crippen LogP contribution >= 0.6 is 0 Å². The van der Waals surface area contributed by atoms with Crippen LogP contribution in [0.25, 0.3) is 6.08 Å². The second-order valence-electron chi connectivity index (χ2n) is 6.11. The van der Waals surface area contributed by atoms with Crippen LogP contribution in [0.5, 0.6) is 17.2 Å². The molecular formula is C21H23NO6. The van der Waals surface area contributed by atoms with Gasteiger partial charge in [0.2, 0.25) is 5.91 Å². The van der Waals surface area contributed by atoms with Crippen molar-refractivity contribution in [2.75, 3.05) is 13.7 Å². The third kappa shape index (κ3) is 5.26. The molecule has 0 aromatic heterocycles. The third-order valence-electron chi connectivity index (χ3n) is 4.27. The number of phenolic OH excluding ortho intramolecular Hbond substituents is 2. The predicted octanol–water partition coefficient (Wildman–Crippen LogP) is 2.66. The molecule has 3 N–H and O–H groups in total. The van der Waals surface area contributed by atoms with Crippen molar-refractivity contribution in [3.05, 3.63) is 59.7 Å². The number of methoxy groups -OCH3 is 1. The van der Waals surface area contributed by atoms with Gasteiger partial charge < -0.3 is 25.0 Å². The summed E-state index contributed by atoms with van der Waals surface area (Å²) in [6.07, 6.45) is 2.95. The van der Waals surface area contributed by atoms with Crippen LogP contribution in [0.1, 0.15) is 18.1 Å². The highest BCUT2D eigenvalue weighted by atomic mass is 16.5. The molecule has 0 heterocycles. The van der Waals surface area contributed by atoms with Gasteiger partial charge in [-0.3, -0.25) is 4.79 Å². The summed E-state index contributed by atoms with van der Waals surface area (Å²) >= 11 is 0. The highest BCUT2D eigenvalue weighted by Crippen LogP contribution is 2.26. The van der Waals surface area contributed by atoms with Gasteiger partial charge in [-0.25, -0.2) is 4.79 Å². The summed E-state index contributed by atoms with van der Waals surface area (Å²) in [5.41, 5.74) is 1.33. The average Bonchev–Trinajstić information content (AvgIpc) is 2.68. The number of carbonyl (C=O) groups excluding carboxylic acids is 1. The van der Waals surface area contributed by atoms with E-state index >= 15 is 0 Å². The average molecular weight is 385 g/mol. The summed E-state index contributed by atoms with van der Waals surface area (Å²) in [6.45, 7) is 1.93. The molecular weight excluding hydrogens is 362 g/mol. The van der Waals surface area contributed by atoms with E-state index in [1.807, 2.05) is 0 Å². The minimum atomic E-state index is -1.11. The maximum absolute atomic E-state index is 12.6. The Balaban J connectivity index is 2.19. The van der Waals surface area contributed by atoms with Crippen LogP contribution in [0.2, 0.25) is 0 Å². The van der Waals surface area contributed by atoms with Gasteiger partial charge in [-0.2, -0.15) is 0 Å². The number of hydrogen-bond acceptors (Lipinski definition) is 5. The van der Waals surface area contributed by atoms with Crippen LogP contribution in [0.4, 0.5) is 0 Å². The summed E-state index contributed by atoms with van der Waals surface area (Å²) in [6, 6.07) is 9.80. The summed E-state index contributed by atoms with van der Waals surface area (Å²) in [5.74, 6) is -1.20. The van der Waals surface area contributed by atoms with E-state index in [0.717, 1.165) is 0 Å². The maximum atomic E-state index is 12.6. The van der Waals surface area contributed by atoms with Gasteiger partial charge in [-0.1, -0.05) is 18.2 Å². The lowest BCUT2D eigenvalue weighted by Gasteiger charge is -2.27. The Kier molecular flexibility index (Phi) is 7.03. The van der Waals surface area contributed by atoms with Gasteiger partial charge in [0, 0.05) is 19.0 Å². The van der Waals surface area contributed by atoms with Crippen molar-refractivity contribution in [3.8, 4) is 17.2 Å². The fraction of sp³-hybridized carbons (Fsp3) is 0.238. The SMILES string of the molecule is CCN(C(=O)/C=C/c1ccc(O)c(OC)c1)[C@@H](Cc1ccc(O)cc1)C(=O)O. The molecule has 0 radical (unpaired) electrons. The molecule has 0 aliphatic heterocycles. The van der Waals surface area contributed by atoms with Crippen molar-refractivity contribution in [1.82, 2.24) is 4.90 Å². The van der Waals surface area contributed by atoms with Gasteiger partial charge in [-0.05, 0) is 48.4 Å². The second kappa shape index (κ2) is 9.45. The van der Waals surface area contributed by atoms with Crippen LogP contribution in [-0.2, 0) is 16.0 Å². The first-order valence-electron chi connectivity index (χ1n) is 8.72. The van der Waals surface area contributed by atoms with Gasteiger partial charge >= 0.3 is 5.97 Å². The van der Waals surface area contributed by atoms with E-state index in [9.17, 15) is 24.9 Å². The molecule has 2 aromatic carbocycles. The normalized spacial score (nSPS) is 11.9. The number of aromatic hydroxyl groups is 2. The number of amides is 1. The zero-order valence-electron chi connectivity index (χ0n) is 15.7. The molecule has 2 rings (SSSR count). The Bertz CT molecular complexity index is 860. The fourth-order valence-electron chi connectivity index (χ4n) is 2.78. The molecule has 148 valence electrons. The lowest BCUT2D eigenvalue weighted by atomic mass is 10.0. The molecule has 0 bridgehead atoms. The van der Waals surface area contributed by atoms with Gasteiger partial charge in [-0.15, -0.1) is 0 Å². The zero-order valence-corrected chi connectivity index (χ0v) is 15.7. The van der Waals surface area contributed by atoms with E-state index in [0.29, 0.717) is 11.1 Å². The van der Waals surface area contributed by atoms with Gasteiger partial charge in [0.1, 0.15) is 11.8 Å². The number of benzene rings is 2. The molecule has 1 amide bonds. The van der Waals surface area contributed by atoms with Gasteiger partial charge in [0.15, 0.2) is 11.5 Å². The Morgan fingerprint density at radius 1 is 1.14 bits per heavy atom. The van der Waals surface area contributed by atoms with E-state index in [1.54, 1.807) is 31.2 Å². The zero-order chi connectivity index (χ0) is 20.7. The molecule has 0 aliphatic rings. The van der Waals surface area contributed by atoms with Crippen molar-refractivity contribution in [3.63, 3.8) is 0 Å². The summed E-state index contributed by atoms with van der Waals surface area (Å²) in [5, 5.41) is 28.6. The first-order valence-corrected chi connectivity index (χ1v) is 8.72. The van der Waals surface area contributed by atoms with Crippen molar-refractivity contribution in [2.45, 2.75) is 19.4 Å². The van der Waals surface area contributed by atoms with E-state index in [4.69, 9.17) is 4.74 Å². The number of likely N-dealkylation sites (N-methyl/N-ethyl adjacent to an activating group) is 1. The number of carboxylic acid groups (broad SMARTS) is 1. The lowest BCUT2D eigenvalue weighted by Crippen LogP contribution is -2.45. The standard InChI is InChI=1S/C21H23NO6/c1-3-22(17(21(26)27)12-14-4-8-16(23)9-5-14)20(25)11-7-15-6-10-18(24)19(13-15)28-2/h4-11,13,17,23-24H,3,12H2,1-2H3,(H,26,27)/b11-7+/t17-/m0/s1. The number of rotatable bonds is 8. The minimum Gasteiger partial charge on any atom is -0.508 e. The molecule has 0 fully saturated rings. The van der Waals surface area contributed by atoms with Crippen LogP contribution in [0.3, 0.4) is 0 Å². The molecule has 28 heavy (non-hydrogen) atoms. The highest BCUT2D eigenvalue weighted by Gasteiger charge is 2.27. The molecule has 1 atom stereocenters. The number of nitrogens with zero attached hydrogens (tertiary/aromatic N) is 1. The van der Waals surface area contributed by atoms with Crippen molar-refractivity contribution in [1.29, 1.82) is 0 Å². The second-order valence-corrected chi connectivity index (χ2v) is 6.11. The van der Waals surface area contributed by atoms with Gasteiger partial charge in [0.25, 0.3) is 0 Å². The van der Waals surface area contributed by atoms with Crippen LogP contribution < -0.4 is 4.74 Å². The number of aliphatic carboxylic acids is 1. The number of carboxylic acids is 1. The number of hydrogen-bond donors (Lipinski definition) is 3. The smallest absolute Gasteiger partial charge is 0.326 e. The molecule has 0 saturated carbocycles. The first kappa shape index (κ1) is 20.8. The molecule has 7 nitrogen and oxygen atoms in total. The molecule has 7 heteroatoms. The molecule has 0 unspecified atom stereocenters. The van der Waals surface area contributed by atoms with Crippen LogP contribution in [-0.4, -0.2) is 51.8 Å². The third-order valence-corrected chi connectivity index (χ3v) is 4.27. The minimum absolute atomic E-state index is 0.0130. The number of carbonyl (C=O) groups is 2. The molecule has 0 aliphatic carbocycles. The predicted molar refractivity (Wildman–Crippen MR) is 104 cm³/mol. The molecule has 0 saturated heterocycles. The Morgan fingerprint density at radius 2 is 1.82 bits per heavy atom. The lowest BCUT2D eigenvalue weighted by molar-refractivity contribution is -0.148. The summed E-state index contributed by atoms with van der Waals surface area (Å²) in [7, 11) is 1.42. The summed E-state index contributed by atoms with van der Waals surface area (Å²) < 4.78 is 5.03. The van der Waals surface area contributed by atoms with Crippen molar-refractivity contribution >= 4 is 18.0 Å². The first-order chi connectivity index (χ1) is 13.3. The Hall–Kier alpha value is -3.48. The number of ether oxygens (including phenoxy) is 1. The Morgan fingerprint density at radius 3 is 2.39 bits per heavy atom. The Labute approximate surface area is 163 Å². The van der Waals surface area contributed by atoms with Crippen molar-refractivity contribution in [2.24, 2.45) is 0 Å². The maximum Gasteiger partial charge on any atom is 0.326 e. The van der Waals surface area contributed by atoms with Gasteiger partial charge in [0.05, 0.1) is 7.11 Å². The van der Waals surface area contributed by atoms with E-state index in [2.05, 4.69) is 0 Å². The number of phenols is 2. The van der Waals surface area contributed by atoms with Crippen molar-refractivity contribution < 1.29 is 29.6 Å². The topological polar surface area (TPSA) is 107 Å². The largest absolute Gasteiger partial charge is 0.508 e. The summed E-state index contributed by atoms with van der Waals surface area (Å²) in [4.78, 5) is 25.6. The van der Waals surface area contributed by atoms with E-state index in [1.165, 1.54) is 42.4 Å². The van der Waals surface area contributed by atoms with Crippen LogP contribution in [0.15, 0.2) is 48.5 Å².